The number of nitrogens with zero attached hydrogens (tertiary/aromatic N) is 4. The molecule has 2 amide bonds. The Kier molecular flexibility index (Phi) is 7.60. The summed E-state index contributed by atoms with van der Waals surface area (Å²) in [6.07, 6.45) is 6.25. The normalized spacial score (nSPS) is 16.7. The molecular weight excluding hydrogens is 445 g/mol. The molecule has 7 nitrogen and oxygen atoms in total. The Balaban J connectivity index is 1.68. The Labute approximate surface area is 205 Å². The topological polar surface area (TPSA) is 70.5 Å². The molecule has 8 heteroatoms. The third kappa shape index (κ3) is 5.77. The number of nitrogens with one attached hydrogen (secondary N) is 1. The minimum absolute atomic E-state index is 0.00904. The van der Waals surface area contributed by atoms with Gasteiger partial charge in [0.25, 0.3) is 5.91 Å². The molecule has 1 fully saturated rings. The number of anilines is 1. The molecule has 1 saturated heterocycles. The van der Waals surface area contributed by atoms with Crippen LogP contribution in [0.25, 0.3) is 11.0 Å². The maximum absolute atomic E-state index is 13.7. The molecule has 2 aromatic carbocycles. The lowest BCUT2D eigenvalue weighted by Crippen LogP contribution is -2.35. The second-order valence-corrected chi connectivity index (χ2v) is 9.31. The van der Waals surface area contributed by atoms with E-state index in [9.17, 15) is 14.0 Å². The number of likely N-dealkylation sites (tertiary alicyclic amines) is 1. The van der Waals surface area contributed by atoms with Crippen molar-refractivity contribution in [2.24, 2.45) is 0 Å². The van der Waals surface area contributed by atoms with E-state index < -0.39 is 11.7 Å². The third-order valence-electron chi connectivity index (χ3n) is 6.28. The molecule has 1 unspecified atom stereocenters. The molecular formula is C27H32FN5O2. The van der Waals surface area contributed by atoms with Gasteiger partial charge in [-0.3, -0.25) is 14.9 Å². The highest BCUT2D eigenvalue weighted by molar-refractivity contribution is 6.04. The summed E-state index contributed by atoms with van der Waals surface area (Å²) >= 11 is 0. The van der Waals surface area contributed by atoms with Crippen molar-refractivity contribution < 1.29 is 14.0 Å². The molecule has 0 radical (unpaired) electrons. The van der Waals surface area contributed by atoms with Crippen LogP contribution in [0.2, 0.25) is 0 Å². The molecule has 0 bridgehead atoms. The van der Waals surface area contributed by atoms with E-state index in [2.05, 4.69) is 9.88 Å². The van der Waals surface area contributed by atoms with E-state index in [0.717, 1.165) is 35.9 Å². The molecule has 1 aliphatic heterocycles. The van der Waals surface area contributed by atoms with Crippen LogP contribution in [0.1, 0.15) is 41.2 Å². The monoisotopic (exact) mass is 477 g/mol. The first kappa shape index (κ1) is 24.6. The Morgan fingerprint density at radius 1 is 1.20 bits per heavy atom. The Hall–Kier alpha value is -3.52. The molecule has 184 valence electrons. The van der Waals surface area contributed by atoms with Crippen LogP contribution in [0.5, 0.6) is 0 Å². The smallest absolute Gasteiger partial charge is 0.258 e. The summed E-state index contributed by atoms with van der Waals surface area (Å²) in [5, 5.41) is 2.90. The van der Waals surface area contributed by atoms with Crippen LogP contribution in [-0.4, -0.2) is 64.9 Å². The lowest BCUT2D eigenvalue weighted by molar-refractivity contribution is -0.126. The van der Waals surface area contributed by atoms with Crippen LogP contribution < -0.4 is 5.32 Å². The van der Waals surface area contributed by atoms with Gasteiger partial charge in [-0.1, -0.05) is 24.3 Å². The van der Waals surface area contributed by atoms with Gasteiger partial charge in [-0.15, -0.1) is 0 Å². The van der Waals surface area contributed by atoms with Crippen molar-refractivity contribution in [2.75, 3.05) is 39.0 Å². The standard InChI is InChI=1S/C27H32FN5O2/c1-19-9-6-13-23-25(19)33(27(29-23)30-26(35)20-10-7-11-21(28)17-20)22-12-4-5-16-32(18-22)24(34)14-8-15-31(2)3/h6-11,13-14,17,22H,4-5,12,15-16,18H2,1-3H3,(H,29,30,35). The van der Waals surface area contributed by atoms with Crippen LogP contribution in [-0.2, 0) is 4.79 Å². The highest BCUT2D eigenvalue weighted by Crippen LogP contribution is 2.32. The second-order valence-electron chi connectivity index (χ2n) is 9.31. The number of benzene rings is 2. The van der Waals surface area contributed by atoms with Crippen molar-refractivity contribution in [1.29, 1.82) is 0 Å². The Morgan fingerprint density at radius 2 is 2.00 bits per heavy atom. The van der Waals surface area contributed by atoms with Crippen LogP contribution >= 0.6 is 0 Å². The first-order chi connectivity index (χ1) is 16.8. The van der Waals surface area contributed by atoms with Crippen LogP contribution in [0.15, 0.2) is 54.6 Å². The van der Waals surface area contributed by atoms with Gasteiger partial charge < -0.3 is 14.4 Å². The predicted octanol–water partition coefficient (Wildman–Crippen LogP) is 4.41. The average molecular weight is 478 g/mol. The number of rotatable bonds is 6. The third-order valence-corrected chi connectivity index (χ3v) is 6.28. The van der Waals surface area contributed by atoms with Gasteiger partial charge in [0.1, 0.15) is 5.82 Å². The lowest BCUT2D eigenvalue weighted by atomic mass is 10.1. The first-order valence-corrected chi connectivity index (χ1v) is 12.0. The van der Waals surface area contributed by atoms with Gasteiger partial charge in [0.2, 0.25) is 11.9 Å². The van der Waals surface area contributed by atoms with E-state index in [4.69, 9.17) is 4.98 Å². The first-order valence-electron chi connectivity index (χ1n) is 12.0. The van der Waals surface area contributed by atoms with E-state index in [0.29, 0.717) is 25.6 Å². The number of carbonyl (C=O) groups is 2. The largest absolute Gasteiger partial charge is 0.337 e. The average Bonchev–Trinajstić information content (AvgIpc) is 3.01. The van der Waals surface area contributed by atoms with Gasteiger partial charge in [0.15, 0.2) is 0 Å². The fourth-order valence-electron chi connectivity index (χ4n) is 4.57. The zero-order chi connectivity index (χ0) is 24.9. The number of para-hydroxylation sites is 1. The quantitative estimate of drug-likeness (QED) is 0.534. The van der Waals surface area contributed by atoms with E-state index in [1.807, 2.05) is 55.1 Å². The number of hydrogen-bond acceptors (Lipinski definition) is 4. The highest BCUT2D eigenvalue weighted by atomic mass is 19.1. The summed E-state index contributed by atoms with van der Waals surface area (Å²) in [6.45, 7) is 3.93. The van der Waals surface area contributed by atoms with Gasteiger partial charge in [0, 0.05) is 31.3 Å². The fraction of sp³-hybridized carbons (Fsp3) is 0.370. The van der Waals surface area contributed by atoms with Crippen molar-refractivity contribution in [1.82, 2.24) is 19.4 Å². The fourth-order valence-corrected chi connectivity index (χ4v) is 4.57. The maximum atomic E-state index is 13.7. The van der Waals surface area contributed by atoms with Gasteiger partial charge in [-0.05, 0) is 70.1 Å². The molecule has 0 spiro atoms. The van der Waals surface area contributed by atoms with Gasteiger partial charge in [0.05, 0.1) is 17.1 Å². The molecule has 1 N–H and O–H groups in total. The number of halogens is 1. The molecule has 0 aliphatic carbocycles. The number of likely N-dealkylation sites (N-methyl/N-ethyl adjacent to an activating group) is 1. The van der Waals surface area contributed by atoms with Crippen LogP contribution in [0, 0.1) is 12.7 Å². The van der Waals surface area contributed by atoms with Gasteiger partial charge in [-0.25, -0.2) is 9.37 Å². The van der Waals surface area contributed by atoms with Gasteiger partial charge in [-0.2, -0.15) is 0 Å². The number of carbonyl (C=O) groups excluding carboxylic acids is 2. The molecule has 1 aliphatic rings. The second kappa shape index (κ2) is 10.8. The summed E-state index contributed by atoms with van der Waals surface area (Å²) < 4.78 is 15.8. The van der Waals surface area contributed by atoms with Gasteiger partial charge >= 0.3 is 0 Å². The van der Waals surface area contributed by atoms with Crippen molar-refractivity contribution >= 4 is 28.8 Å². The number of imidazole rings is 1. The molecule has 3 aromatic rings. The maximum Gasteiger partial charge on any atom is 0.258 e. The molecule has 2 heterocycles. The van der Waals surface area contributed by atoms with Crippen molar-refractivity contribution in [3.05, 3.63) is 71.6 Å². The predicted molar refractivity (Wildman–Crippen MR) is 136 cm³/mol. The summed E-state index contributed by atoms with van der Waals surface area (Å²) in [5.41, 5.74) is 2.97. The Morgan fingerprint density at radius 3 is 2.77 bits per heavy atom. The van der Waals surface area contributed by atoms with Crippen molar-refractivity contribution in [2.45, 2.75) is 32.2 Å². The molecule has 1 atom stereocenters. The summed E-state index contributed by atoms with van der Waals surface area (Å²) in [4.78, 5) is 34.5. The summed E-state index contributed by atoms with van der Waals surface area (Å²) in [6, 6.07) is 11.4. The van der Waals surface area contributed by atoms with E-state index in [-0.39, 0.29) is 17.5 Å². The molecule has 1 aromatic heterocycles. The minimum Gasteiger partial charge on any atom is -0.337 e. The zero-order valence-electron chi connectivity index (χ0n) is 20.5. The SMILES string of the molecule is Cc1cccc2nc(NC(=O)c3cccc(F)c3)n(C3CCCCN(C(=O)C=CCN(C)C)C3)c12. The summed E-state index contributed by atoms with van der Waals surface area (Å²) in [7, 11) is 3.92. The zero-order valence-corrected chi connectivity index (χ0v) is 20.5. The Bertz CT molecular complexity index is 1250. The minimum atomic E-state index is -0.470. The summed E-state index contributed by atoms with van der Waals surface area (Å²) in [5.74, 6) is -0.495. The van der Waals surface area contributed by atoms with Crippen molar-refractivity contribution in [3.8, 4) is 0 Å². The van der Waals surface area contributed by atoms with E-state index in [1.54, 1.807) is 12.1 Å². The number of amides is 2. The van der Waals surface area contributed by atoms with E-state index in [1.165, 1.54) is 18.2 Å². The molecule has 35 heavy (non-hydrogen) atoms. The van der Waals surface area contributed by atoms with E-state index >= 15 is 0 Å². The molecule has 4 rings (SSSR count). The number of aromatic nitrogens is 2. The lowest BCUT2D eigenvalue weighted by Gasteiger charge is -2.26. The van der Waals surface area contributed by atoms with Crippen LogP contribution in [0.4, 0.5) is 10.3 Å². The highest BCUT2D eigenvalue weighted by Gasteiger charge is 2.27. The number of aryl methyl sites for hydroxylation is 1. The van der Waals surface area contributed by atoms with Crippen LogP contribution in [0.3, 0.4) is 0 Å². The number of hydrogen-bond donors (Lipinski definition) is 1. The molecule has 0 saturated carbocycles. The number of fused-ring (bicyclic) bond motifs is 1. The van der Waals surface area contributed by atoms with Crippen molar-refractivity contribution in [3.63, 3.8) is 0 Å².